The van der Waals surface area contributed by atoms with Gasteiger partial charge >= 0.3 is 0 Å². The molecule has 25 heavy (non-hydrogen) atoms. The highest BCUT2D eigenvalue weighted by Crippen LogP contribution is 2.27. The van der Waals surface area contributed by atoms with Gasteiger partial charge in [0, 0.05) is 17.4 Å². The average molecular weight is 336 g/mol. The summed E-state index contributed by atoms with van der Waals surface area (Å²) >= 11 is 0. The zero-order chi connectivity index (χ0) is 17.8. The first-order valence-corrected chi connectivity index (χ1v) is 8.26. The minimum atomic E-state index is -0.340. The second-order valence-corrected chi connectivity index (χ2v) is 6.19. The van der Waals surface area contributed by atoms with Gasteiger partial charge in [-0.05, 0) is 36.6 Å². The summed E-state index contributed by atoms with van der Waals surface area (Å²) in [6.07, 6.45) is 0. The molecule has 0 unspecified atom stereocenters. The van der Waals surface area contributed by atoms with Crippen molar-refractivity contribution < 1.29 is 4.39 Å². The lowest BCUT2D eigenvalue weighted by Crippen LogP contribution is -2.04. The second kappa shape index (κ2) is 7.30. The Balaban J connectivity index is 1.89. The molecule has 0 saturated carbocycles. The number of halogens is 1. The Hall–Kier alpha value is -2.95. The molecule has 3 aromatic rings. The molecule has 0 saturated heterocycles. The van der Waals surface area contributed by atoms with Crippen molar-refractivity contribution in [2.75, 3.05) is 10.6 Å². The molecule has 0 amide bonds. The third kappa shape index (κ3) is 4.12. The fraction of sp³-hybridized carbons (Fsp3) is 0.200. The zero-order valence-electron chi connectivity index (χ0n) is 14.5. The smallest absolute Gasteiger partial charge is 0.229 e. The third-order valence-corrected chi connectivity index (χ3v) is 3.82. The maximum absolute atomic E-state index is 13.8. The largest absolute Gasteiger partial charge is 0.340 e. The van der Waals surface area contributed by atoms with Gasteiger partial charge in [-0.1, -0.05) is 44.2 Å². The highest BCUT2D eigenvalue weighted by atomic mass is 19.1. The molecule has 0 bridgehead atoms. The van der Waals surface area contributed by atoms with Crippen molar-refractivity contribution in [3.8, 4) is 0 Å². The molecule has 2 aromatic carbocycles. The van der Waals surface area contributed by atoms with E-state index in [4.69, 9.17) is 0 Å². The zero-order valence-corrected chi connectivity index (χ0v) is 14.5. The average Bonchev–Trinajstić information content (AvgIpc) is 2.57. The maximum Gasteiger partial charge on any atom is 0.229 e. The summed E-state index contributed by atoms with van der Waals surface area (Å²) in [4.78, 5) is 8.81. The molecule has 0 atom stereocenters. The van der Waals surface area contributed by atoms with Crippen LogP contribution in [0, 0.1) is 12.7 Å². The van der Waals surface area contributed by atoms with Crippen LogP contribution in [0.3, 0.4) is 0 Å². The molecule has 3 rings (SSSR count). The van der Waals surface area contributed by atoms with E-state index in [2.05, 4.69) is 40.5 Å². The van der Waals surface area contributed by atoms with Gasteiger partial charge in [0.1, 0.15) is 11.6 Å². The summed E-state index contributed by atoms with van der Waals surface area (Å²) < 4.78 is 13.8. The van der Waals surface area contributed by atoms with Crippen molar-refractivity contribution in [1.82, 2.24) is 9.97 Å². The van der Waals surface area contributed by atoms with Gasteiger partial charge < -0.3 is 10.6 Å². The molecular formula is C20H21FN4. The Labute approximate surface area is 147 Å². The minimum Gasteiger partial charge on any atom is -0.340 e. The Kier molecular flexibility index (Phi) is 4.93. The van der Waals surface area contributed by atoms with Crippen molar-refractivity contribution >= 4 is 23.1 Å². The predicted octanol–water partition coefficient (Wildman–Crippen LogP) is 5.53. The minimum absolute atomic E-state index is 0.340. The maximum atomic E-state index is 13.8. The fourth-order valence-electron chi connectivity index (χ4n) is 2.62. The normalized spacial score (nSPS) is 10.8. The molecule has 1 aromatic heterocycles. The molecule has 128 valence electrons. The molecule has 0 aliphatic heterocycles. The second-order valence-electron chi connectivity index (χ2n) is 6.19. The lowest BCUT2D eigenvalue weighted by molar-refractivity contribution is 0.631. The van der Waals surface area contributed by atoms with E-state index in [0.29, 0.717) is 23.4 Å². The highest BCUT2D eigenvalue weighted by molar-refractivity contribution is 5.63. The van der Waals surface area contributed by atoms with Crippen molar-refractivity contribution in [3.05, 3.63) is 71.7 Å². The van der Waals surface area contributed by atoms with Crippen LogP contribution in [0.25, 0.3) is 0 Å². The lowest BCUT2D eigenvalue weighted by atomic mass is 10.0. The van der Waals surface area contributed by atoms with Crippen LogP contribution < -0.4 is 10.6 Å². The molecule has 0 aliphatic rings. The van der Waals surface area contributed by atoms with Crippen LogP contribution in [-0.2, 0) is 0 Å². The van der Waals surface area contributed by atoms with E-state index in [1.165, 1.54) is 11.6 Å². The van der Waals surface area contributed by atoms with Gasteiger partial charge in [0.05, 0.1) is 5.69 Å². The summed E-state index contributed by atoms with van der Waals surface area (Å²) in [6.45, 7) is 6.18. The molecule has 0 radical (unpaired) electrons. The van der Waals surface area contributed by atoms with Gasteiger partial charge in [-0.2, -0.15) is 4.98 Å². The van der Waals surface area contributed by atoms with Crippen molar-refractivity contribution in [1.29, 1.82) is 0 Å². The summed E-state index contributed by atoms with van der Waals surface area (Å²) in [6, 6.07) is 16.5. The number of anilines is 4. The van der Waals surface area contributed by atoms with Crippen molar-refractivity contribution in [2.24, 2.45) is 0 Å². The first kappa shape index (κ1) is 16.9. The van der Waals surface area contributed by atoms with Crippen molar-refractivity contribution in [3.63, 3.8) is 0 Å². The fourth-order valence-corrected chi connectivity index (χ4v) is 2.62. The molecule has 0 aliphatic carbocycles. The third-order valence-electron chi connectivity index (χ3n) is 3.82. The van der Waals surface area contributed by atoms with E-state index in [9.17, 15) is 4.39 Å². The van der Waals surface area contributed by atoms with E-state index in [-0.39, 0.29) is 5.82 Å². The molecule has 5 heteroatoms. The Morgan fingerprint density at radius 2 is 1.56 bits per heavy atom. The van der Waals surface area contributed by atoms with Crippen LogP contribution in [0.15, 0.2) is 54.6 Å². The first-order chi connectivity index (χ1) is 12.0. The Morgan fingerprint density at radius 1 is 0.880 bits per heavy atom. The summed E-state index contributed by atoms with van der Waals surface area (Å²) in [5.41, 5.74) is 3.36. The SMILES string of the molecule is Cc1cc(Nc2ccccc2C(C)C)nc(Nc2ccccc2F)n1. The molecular weight excluding hydrogens is 315 g/mol. The number of benzene rings is 2. The van der Waals surface area contributed by atoms with E-state index >= 15 is 0 Å². The summed E-state index contributed by atoms with van der Waals surface area (Å²) in [5.74, 6) is 1.07. The summed E-state index contributed by atoms with van der Waals surface area (Å²) in [5, 5.41) is 6.29. The van der Waals surface area contributed by atoms with Crippen LogP contribution >= 0.6 is 0 Å². The number of nitrogens with one attached hydrogen (secondary N) is 2. The number of rotatable bonds is 5. The van der Waals surface area contributed by atoms with Gasteiger partial charge in [-0.3, -0.25) is 0 Å². The lowest BCUT2D eigenvalue weighted by Gasteiger charge is -2.15. The van der Waals surface area contributed by atoms with Gasteiger partial charge in [0.15, 0.2) is 0 Å². The summed E-state index contributed by atoms with van der Waals surface area (Å²) in [7, 11) is 0. The van der Waals surface area contributed by atoms with Crippen LogP contribution in [0.4, 0.5) is 27.5 Å². The van der Waals surface area contributed by atoms with E-state index in [0.717, 1.165) is 11.4 Å². The number of aryl methyl sites for hydroxylation is 1. The Bertz CT molecular complexity index is 877. The predicted molar refractivity (Wildman–Crippen MR) is 100 cm³/mol. The highest BCUT2D eigenvalue weighted by Gasteiger charge is 2.09. The molecule has 1 heterocycles. The first-order valence-electron chi connectivity index (χ1n) is 8.26. The topological polar surface area (TPSA) is 49.8 Å². The number of nitrogens with zero attached hydrogens (tertiary/aromatic N) is 2. The molecule has 4 nitrogen and oxygen atoms in total. The van der Waals surface area contributed by atoms with E-state index in [1.807, 2.05) is 31.2 Å². The standard InChI is InChI=1S/C20H21FN4/c1-13(2)15-8-4-6-10-17(15)23-19-12-14(3)22-20(25-19)24-18-11-7-5-9-16(18)21/h4-13H,1-3H3,(H2,22,23,24,25). The number of para-hydroxylation sites is 2. The van der Waals surface area contributed by atoms with Crippen LogP contribution in [0.2, 0.25) is 0 Å². The molecule has 2 N–H and O–H groups in total. The monoisotopic (exact) mass is 336 g/mol. The van der Waals surface area contributed by atoms with Gasteiger partial charge in [0.25, 0.3) is 0 Å². The van der Waals surface area contributed by atoms with Crippen LogP contribution in [-0.4, -0.2) is 9.97 Å². The van der Waals surface area contributed by atoms with E-state index < -0.39 is 0 Å². The Morgan fingerprint density at radius 3 is 2.28 bits per heavy atom. The van der Waals surface area contributed by atoms with Crippen molar-refractivity contribution in [2.45, 2.75) is 26.7 Å². The van der Waals surface area contributed by atoms with Crippen LogP contribution in [0.5, 0.6) is 0 Å². The van der Waals surface area contributed by atoms with Gasteiger partial charge in [0.2, 0.25) is 5.95 Å². The number of hydrogen-bond donors (Lipinski definition) is 2. The van der Waals surface area contributed by atoms with E-state index in [1.54, 1.807) is 18.2 Å². The molecule has 0 fully saturated rings. The quantitative estimate of drug-likeness (QED) is 0.643. The van der Waals surface area contributed by atoms with Gasteiger partial charge in [-0.25, -0.2) is 9.37 Å². The molecule has 0 spiro atoms. The van der Waals surface area contributed by atoms with Crippen LogP contribution in [0.1, 0.15) is 31.0 Å². The van der Waals surface area contributed by atoms with Gasteiger partial charge in [-0.15, -0.1) is 0 Å². The number of aromatic nitrogens is 2. The number of hydrogen-bond acceptors (Lipinski definition) is 4.